The summed E-state index contributed by atoms with van der Waals surface area (Å²) in [7, 11) is 0. The molecule has 0 saturated heterocycles. The van der Waals surface area contributed by atoms with Gasteiger partial charge in [0.25, 0.3) is 5.91 Å². The van der Waals surface area contributed by atoms with Gasteiger partial charge in [0.1, 0.15) is 0 Å². The molecule has 0 spiro atoms. The van der Waals surface area contributed by atoms with Gasteiger partial charge < -0.3 is 10.6 Å². The van der Waals surface area contributed by atoms with E-state index in [1.165, 1.54) is 0 Å². The van der Waals surface area contributed by atoms with Crippen molar-refractivity contribution >= 4 is 50.1 Å². The van der Waals surface area contributed by atoms with Crippen LogP contribution in [0.25, 0.3) is 22.2 Å². The normalized spacial score (nSPS) is 10.7. The van der Waals surface area contributed by atoms with Gasteiger partial charge in [-0.25, -0.2) is 9.97 Å². The van der Waals surface area contributed by atoms with Crippen LogP contribution in [-0.2, 0) is 0 Å². The number of fused-ring (bicyclic) bond motifs is 1. The number of carbonyl (C=O) groups is 1. The van der Waals surface area contributed by atoms with Crippen molar-refractivity contribution in [2.75, 3.05) is 10.6 Å². The van der Waals surface area contributed by atoms with Crippen molar-refractivity contribution in [1.29, 1.82) is 0 Å². The zero-order valence-electron chi connectivity index (χ0n) is 17.5. The lowest BCUT2D eigenvalue weighted by atomic mass is 10.1. The third-order valence-electron chi connectivity index (χ3n) is 5.14. The first-order chi connectivity index (χ1) is 16.2. The molecule has 0 aliphatic rings. The van der Waals surface area contributed by atoms with Gasteiger partial charge in [-0.1, -0.05) is 64.5 Å². The maximum Gasteiger partial charge on any atom is 0.255 e. The van der Waals surface area contributed by atoms with Crippen LogP contribution in [0.4, 0.5) is 17.3 Å². The highest BCUT2D eigenvalue weighted by Crippen LogP contribution is 2.30. The van der Waals surface area contributed by atoms with Crippen LogP contribution >= 0.6 is 15.9 Å². The fourth-order valence-corrected chi connectivity index (χ4v) is 3.89. The first-order valence-corrected chi connectivity index (χ1v) is 11.2. The Kier molecular flexibility index (Phi) is 5.83. The summed E-state index contributed by atoms with van der Waals surface area (Å²) in [5.74, 6) is 0.330. The van der Waals surface area contributed by atoms with E-state index >= 15 is 0 Å². The zero-order chi connectivity index (χ0) is 22.6. The monoisotopic (exact) mass is 494 g/mol. The summed E-state index contributed by atoms with van der Waals surface area (Å²) in [5, 5.41) is 7.13. The third-order valence-corrected chi connectivity index (χ3v) is 5.63. The van der Waals surface area contributed by atoms with Crippen LogP contribution in [0, 0.1) is 0 Å². The molecule has 1 aromatic heterocycles. The Bertz CT molecular complexity index is 1420. The van der Waals surface area contributed by atoms with E-state index < -0.39 is 0 Å². The van der Waals surface area contributed by atoms with Crippen molar-refractivity contribution in [3.63, 3.8) is 0 Å². The van der Waals surface area contributed by atoms with Crippen LogP contribution in [-0.4, -0.2) is 15.9 Å². The van der Waals surface area contributed by atoms with Crippen LogP contribution < -0.4 is 10.6 Å². The van der Waals surface area contributed by atoms with Crippen molar-refractivity contribution in [2.24, 2.45) is 0 Å². The predicted molar refractivity (Wildman–Crippen MR) is 137 cm³/mol. The molecule has 33 heavy (non-hydrogen) atoms. The molecule has 160 valence electrons. The molecule has 0 saturated carbocycles. The molecule has 5 aromatic rings. The second-order valence-electron chi connectivity index (χ2n) is 7.45. The van der Waals surface area contributed by atoms with E-state index in [0.717, 1.165) is 38.0 Å². The smallest absolute Gasteiger partial charge is 0.255 e. The molecule has 0 atom stereocenters. The van der Waals surface area contributed by atoms with Gasteiger partial charge in [0.15, 0.2) is 0 Å². The number of rotatable bonds is 5. The van der Waals surface area contributed by atoms with Crippen molar-refractivity contribution < 1.29 is 4.79 Å². The van der Waals surface area contributed by atoms with Gasteiger partial charge in [-0.3, -0.25) is 4.79 Å². The quantitative estimate of drug-likeness (QED) is 0.274. The van der Waals surface area contributed by atoms with Crippen LogP contribution in [0.1, 0.15) is 10.4 Å². The molecule has 0 bridgehead atoms. The molecule has 4 aromatic carbocycles. The molecule has 0 fully saturated rings. The van der Waals surface area contributed by atoms with E-state index in [2.05, 4.69) is 31.5 Å². The minimum atomic E-state index is -0.161. The number of amides is 1. The average Bonchev–Trinajstić information content (AvgIpc) is 2.85. The summed E-state index contributed by atoms with van der Waals surface area (Å²) >= 11 is 3.55. The molecule has 0 unspecified atom stereocenters. The van der Waals surface area contributed by atoms with Crippen LogP contribution in [0.15, 0.2) is 108 Å². The zero-order valence-corrected chi connectivity index (χ0v) is 19.1. The van der Waals surface area contributed by atoms with Crippen molar-refractivity contribution in [1.82, 2.24) is 9.97 Å². The van der Waals surface area contributed by atoms with Gasteiger partial charge in [0, 0.05) is 32.4 Å². The van der Waals surface area contributed by atoms with Crippen molar-refractivity contribution in [2.45, 2.75) is 0 Å². The summed E-state index contributed by atoms with van der Waals surface area (Å²) in [5.41, 5.74) is 4.82. The number of nitrogens with zero attached hydrogens (tertiary/aromatic N) is 2. The summed E-state index contributed by atoms with van der Waals surface area (Å²) in [4.78, 5) is 22.0. The van der Waals surface area contributed by atoms with E-state index in [9.17, 15) is 4.79 Å². The topological polar surface area (TPSA) is 66.9 Å². The number of anilines is 3. The number of hydrogen-bond donors (Lipinski definition) is 2. The summed E-state index contributed by atoms with van der Waals surface area (Å²) in [6, 6.07) is 32.6. The molecule has 1 heterocycles. The fraction of sp³-hybridized carbons (Fsp3) is 0. The van der Waals surface area contributed by atoms with Crippen LogP contribution in [0.2, 0.25) is 0 Å². The lowest BCUT2D eigenvalue weighted by Gasteiger charge is -2.11. The largest absolute Gasteiger partial charge is 0.324 e. The highest BCUT2D eigenvalue weighted by molar-refractivity contribution is 9.10. The Morgan fingerprint density at radius 1 is 0.727 bits per heavy atom. The SMILES string of the molecule is O=C(Nc1ccccc1)c1ccc(Nc2nc(-c3ccccc3)c3cc(Br)ccc3n2)cc1. The number of benzene rings is 4. The minimum Gasteiger partial charge on any atom is -0.324 e. The lowest BCUT2D eigenvalue weighted by molar-refractivity contribution is 0.102. The number of halogens is 1. The first-order valence-electron chi connectivity index (χ1n) is 10.4. The molecule has 2 N–H and O–H groups in total. The number of para-hydroxylation sites is 1. The maximum absolute atomic E-state index is 12.5. The van der Waals surface area contributed by atoms with Crippen LogP contribution in [0.3, 0.4) is 0 Å². The van der Waals surface area contributed by atoms with Gasteiger partial charge in [-0.05, 0) is 54.6 Å². The minimum absolute atomic E-state index is 0.161. The Balaban J connectivity index is 1.42. The Labute approximate surface area is 199 Å². The van der Waals surface area contributed by atoms with Gasteiger partial charge >= 0.3 is 0 Å². The van der Waals surface area contributed by atoms with Gasteiger partial charge in [0.05, 0.1) is 11.2 Å². The van der Waals surface area contributed by atoms with Gasteiger partial charge in [-0.2, -0.15) is 0 Å². The summed E-state index contributed by atoms with van der Waals surface area (Å²) < 4.78 is 0.973. The van der Waals surface area contributed by atoms with Gasteiger partial charge in [-0.15, -0.1) is 0 Å². The van der Waals surface area contributed by atoms with Crippen LogP contribution in [0.5, 0.6) is 0 Å². The molecule has 0 aliphatic heterocycles. The molecule has 5 rings (SSSR count). The highest BCUT2D eigenvalue weighted by atomic mass is 79.9. The van der Waals surface area contributed by atoms with Crippen molar-refractivity contribution in [3.05, 3.63) is 113 Å². The van der Waals surface area contributed by atoms with E-state index in [0.29, 0.717) is 11.5 Å². The molecule has 0 aliphatic carbocycles. The predicted octanol–water partition coefficient (Wildman–Crippen LogP) is 7.06. The maximum atomic E-state index is 12.5. The Morgan fingerprint density at radius 3 is 2.15 bits per heavy atom. The second kappa shape index (κ2) is 9.22. The number of aromatic nitrogens is 2. The number of hydrogen-bond acceptors (Lipinski definition) is 4. The summed E-state index contributed by atoms with van der Waals surface area (Å²) in [6.45, 7) is 0. The van der Waals surface area contributed by atoms with E-state index in [1.54, 1.807) is 12.1 Å². The molecule has 6 heteroatoms. The van der Waals surface area contributed by atoms with E-state index in [-0.39, 0.29) is 5.91 Å². The highest BCUT2D eigenvalue weighted by Gasteiger charge is 2.11. The number of carbonyl (C=O) groups excluding carboxylic acids is 1. The molecule has 5 nitrogen and oxygen atoms in total. The number of nitrogens with one attached hydrogen (secondary N) is 2. The summed E-state index contributed by atoms with van der Waals surface area (Å²) in [6.07, 6.45) is 0. The Hall–Kier alpha value is -4.03. The van der Waals surface area contributed by atoms with E-state index in [1.807, 2.05) is 91.0 Å². The Morgan fingerprint density at radius 2 is 1.42 bits per heavy atom. The fourth-order valence-electron chi connectivity index (χ4n) is 3.53. The second-order valence-corrected chi connectivity index (χ2v) is 8.36. The lowest BCUT2D eigenvalue weighted by Crippen LogP contribution is -2.11. The molecular formula is C27H19BrN4O. The molecular weight excluding hydrogens is 476 g/mol. The molecule has 0 radical (unpaired) electrons. The molecule has 1 amide bonds. The van der Waals surface area contributed by atoms with Gasteiger partial charge in [0.2, 0.25) is 5.95 Å². The average molecular weight is 495 g/mol. The third kappa shape index (κ3) is 4.76. The standard InChI is InChI=1S/C27H19BrN4O/c28-20-13-16-24-23(17-20)25(18-7-3-1-4-8-18)32-27(31-24)30-22-14-11-19(12-15-22)26(33)29-21-9-5-2-6-10-21/h1-17H,(H,29,33)(H,30,31,32). The first kappa shape index (κ1) is 20.8. The van der Waals surface area contributed by atoms with E-state index in [4.69, 9.17) is 4.98 Å². The van der Waals surface area contributed by atoms with Crippen molar-refractivity contribution in [3.8, 4) is 11.3 Å².